The third kappa shape index (κ3) is 5.70. The summed E-state index contributed by atoms with van der Waals surface area (Å²) in [6, 6.07) is 24.5. The summed E-state index contributed by atoms with van der Waals surface area (Å²) in [4.78, 5) is 18.4. The van der Waals surface area contributed by atoms with Gasteiger partial charge < -0.3 is 4.98 Å². The van der Waals surface area contributed by atoms with E-state index >= 15 is 0 Å². The van der Waals surface area contributed by atoms with Gasteiger partial charge in [-0.2, -0.15) is 0 Å². The summed E-state index contributed by atoms with van der Waals surface area (Å²) in [5, 5.41) is 13.7. The van der Waals surface area contributed by atoms with E-state index in [4.69, 9.17) is 0 Å². The maximum Gasteiger partial charge on any atom is 0.252 e. The van der Waals surface area contributed by atoms with Crippen LogP contribution in [0.3, 0.4) is 0 Å². The quantitative estimate of drug-likeness (QED) is 0.274. The number of fused-ring (bicyclic) bond motifs is 1. The van der Waals surface area contributed by atoms with Crippen LogP contribution in [0.1, 0.15) is 47.5 Å². The van der Waals surface area contributed by atoms with Crippen molar-refractivity contribution in [2.45, 2.75) is 52.4 Å². The number of hydrogen-bond donors (Lipinski definition) is 1. The second-order valence-electron chi connectivity index (χ2n) is 9.61. The van der Waals surface area contributed by atoms with Gasteiger partial charge in [-0.25, -0.2) is 9.07 Å². The molecule has 2 aromatic heterocycles. The lowest BCUT2D eigenvalue weighted by molar-refractivity contribution is 0.160. The van der Waals surface area contributed by atoms with Gasteiger partial charge in [0, 0.05) is 25.2 Å². The lowest BCUT2D eigenvalue weighted by Gasteiger charge is -2.30. The van der Waals surface area contributed by atoms with E-state index in [-0.39, 0.29) is 17.4 Å². The molecular weight excluding hydrogens is 479 g/mol. The van der Waals surface area contributed by atoms with Crippen molar-refractivity contribution in [2.75, 3.05) is 0 Å². The highest BCUT2D eigenvalue weighted by Gasteiger charge is 2.26. The average molecular weight is 511 g/mol. The summed E-state index contributed by atoms with van der Waals surface area (Å²) in [5.41, 5.74) is 4.58. The van der Waals surface area contributed by atoms with E-state index in [9.17, 15) is 9.18 Å². The van der Waals surface area contributed by atoms with Gasteiger partial charge in [0.1, 0.15) is 5.82 Å². The Morgan fingerprint density at radius 2 is 1.76 bits per heavy atom. The fourth-order valence-electron chi connectivity index (χ4n) is 4.96. The van der Waals surface area contributed by atoms with Crippen molar-refractivity contribution in [1.29, 1.82) is 0 Å². The normalized spacial score (nSPS) is 12.3. The number of aromatic nitrogens is 5. The molecular formula is C30H31FN6O. The van der Waals surface area contributed by atoms with Gasteiger partial charge in [-0.05, 0) is 70.5 Å². The molecule has 0 fully saturated rings. The van der Waals surface area contributed by atoms with E-state index in [1.165, 1.54) is 17.7 Å². The Balaban J connectivity index is 1.48. The molecule has 0 bridgehead atoms. The number of rotatable bonds is 10. The van der Waals surface area contributed by atoms with Crippen LogP contribution in [0.5, 0.6) is 0 Å². The van der Waals surface area contributed by atoms with Crippen LogP contribution in [0.4, 0.5) is 4.39 Å². The van der Waals surface area contributed by atoms with Crippen molar-refractivity contribution in [2.24, 2.45) is 0 Å². The number of pyridine rings is 1. The van der Waals surface area contributed by atoms with Gasteiger partial charge in [0.15, 0.2) is 5.82 Å². The Labute approximate surface area is 220 Å². The summed E-state index contributed by atoms with van der Waals surface area (Å²) in [5.74, 6) is 0.470. The molecule has 5 rings (SSSR count). The SMILES string of the molecule is CCC(c1nnnn1CCc1ccccc1)N(Cc1ccc(F)cc1)Cc1cc2cccc(C)c2[nH]c1=O. The lowest BCUT2D eigenvalue weighted by Crippen LogP contribution is -2.32. The standard InChI is InChI=1S/C30H31FN6O/c1-3-27(29-33-34-35-37(29)17-16-22-9-5-4-6-10-22)36(19-23-12-14-26(31)15-13-23)20-25-18-24-11-7-8-21(2)28(24)32-30(25)38/h4-15,18,27H,3,16-17,19-20H2,1-2H3,(H,32,38). The second-order valence-corrected chi connectivity index (χ2v) is 9.61. The van der Waals surface area contributed by atoms with Crippen LogP contribution in [0.15, 0.2) is 83.7 Å². The van der Waals surface area contributed by atoms with Gasteiger partial charge >= 0.3 is 0 Å². The zero-order valence-corrected chi connectivity index (χ0v) is 21.6. The number of hydrogen-bond acceptors (Lipinski definition) is 5. The lowest BCUT2D eigenvalue weighted by atomic mass is 10.1. The average Bonchev–Trinajstić information content (AvgIpc) is 3.39. The number of halogens is 1. The van der Waals surface area contributed by atoms with Crippen molar-refractivity contribution < 1.29 is 4.39 Å². The molecule has 2 heterocycles. The Morgan fingerprint density at radius 3 is 2.53 bits per heavy atom. The van der Waals surface area contributed by atoms with Crippen molar-refractivity contribution in [3.8, 4) is 0 Å². The Kier molecular flexibility index (Phi) is 7.70. The van der Waals surface area contributed by atoms with Crippen LogP contribution in [-0.4, -0.2) is 30.1 Å². The van der Waals surface area contributed by atoms with Gasteiger partial charge in [0.2, 0.25) is 0 Å². The van der Waals surface area contributed by atoms with Crippen molar-refractivity contribution in [1.82, 2.24) is 30.1 Å². The van der Waals surface area contributed by atoms with E-state index in [1.54, 1.807) is 12.1 Å². The van der Waals surface area contributed by atoms with Crippen molar-refractivity contribution >= 4 is 10.9 Å². The highest BCUT2D eigenvalue weighted by molar-refractivity contribution is 5.81. The number of H-pyrrole nitrogens is 1. The summed E-state index contributed by atoms with van der Waals surface area (Å²) in [6.07, 6.45) is 1.54. The van der Waals surface area contributed by atoms with Crippen LogP contribution in [0.2, 0.25) is 0 Å². The molecule has 0 saturated carbocycles. The first-order valence-corrected chi connectivity index (χ1v) is 12.9. The Bertz CT molecular complexity index is 1560. The van der Waals surface area contributed by atoms with Gasteiger partial charge in [-0.15, -0.1) is 5.10 Å². The number of aromatic amines is 1. The molecule has 0 amide bonds. The molecule has 194 valence electrons. The first kappa shape index (κ1) is 25.5. The largest absolute Gasteiger partial charge is 0.321 e. The van der Waals surface area contributed by atoms with Crippen molar-refractivity contribution in [3.63, 3.8) is 0 Å². The molecule has 0 spiro atoms. The molecule has 8 heteroatoms. The zero-order chi connectivity index (χ0) is 26.5. The number of para-hydroxylation sites is 1. The van der Waals surface area contributed by atoms with Crippen molar-refractivity contribution in [3.05, 3.63) is 123 Å². The predicted molar refractivity (Wildman–Crippen MR) is 146 cm³/mol. The predicted octanol–water partition coefficient (Wildman–Crippen LogP) is 5.36. The third-order valence-corrected chi connectivity index (χ3v) is 6.98. The minimum Gasteiger partial charge on any atom is -0.321 e. The number of nitrogens with one attached hydrogen (secondary N) is 1. The molecule has 7 nitrogen and oxygen atoms in total. The Hall–Kier alpha value is -4.17. The number of tetrazole rings is 1. The molecule has 1 N–H and O–H groups in total. The van der Waals surface area contributed by atoms with E-state index in [0.29, 0.717) is 25.2 Å². The molecule has 38 heavy (non-hydrogen) atoms. The highest BCUT2D eigenvalue weighted by atomic mass is 19.1. The number of nitrogens with zero attached hydrogens (tertiary/aromatic N) is 5. The molecule has 0 saturated heterocycles. The monoisotopic (exact) mass is 510 g/mol. The fraction of sp³-hybridized carbons (Fsp3) is 0.267. The summed E-state index contributed by atoms with van der Waals surface area (Å²) < 4.78 is 15.5. The van der Waals surface area contributed by atoms with Gasteiger partial charge in [0.25, 0.3) is 5.56 Å². The molecule has 1 unspecified atom stereocenters. The summed E-state index contributed by atoms with van der Waals surface area (Å²) in [6.45, 7) is 5.62. The molecule has 1 atom stereocenters. The minimum absolute atomic E-state index is 0.116. The van der Waals surface area contributed by atoms with Gasteiger partial charge in [0.05, 0.1) is 11.6 Å². The maximum absolute atomic E-state index is 13.6. The number of aryl methyl sites for hydroxylation is 3. The first-order chi connectivity index (χ1) is 18.5. The first-order valence-electron chi connectivity index (χ1n) is 12.9. The number of benzene rings is 3. The molecule has 0 aliphatic heterocycles. The maximum atomic E-state index is 13.6. The molecule has 5 aromatic rings. The summed E-state index contributed by atoms with van der Waals surface area (Å²) in [7, 11) is 0. The van der Waals surface area contributed by atoms with E-state index in [0.717, 1.165) is 40.7 Å². The van der Waals surface area contributed by atoms with E-state index in [2.05, 4.69) is 44.5 Å². The van der Waals surface area contributed by atoms with E-state index < -0.39 is 0 Å². The molecule has 0 aliphatic rings. The van der Waals surface area contributed by atoms with Crippen LogP contribution in [0.25, 0.3) is 10.9 Å². The highest BCUT2D eigenvalue weighted by Crippen LogP contribution is 2.27. The Morgan fingerprint density at radius 1 is 0.974 bits per heavy atom. The zero-order valence-electron chi connectivity index (χ0n) is 21.6. The smallest absolute Gasteiger partial charge is 0.252 e. The fourth-order valence-corrected chi connectivity index (χ4v) is 4.96. The van der Waals surface area contributed by atoms with Gasteiger partial charge in [-0.3, -0.25) is 9.69 Å². The van der Waals surface area contributed by atoms with Crippen LogP contribution < -0.4 is 5.56 Å². The summed E-state index contributed by atoms with van der Waals surface area (Å²) >= 11 is 0. The molecule has 3 aromatic carbocycles. The van der Waals surface area contributed by atoms with Crippen LogP contribution in [0, 0.1) is 12.7 Å². The minimum atomic E-state index is -0.279. The molecule has 0 aliphatic carbocycles. The second kappa shape index (κ2) is 11.5. The topological polar surface area (TPSA) is 79.7 Å². The van der Waals surface area contributed by atoms with Crippen LogP contribution >= 0.6 is 0 Å². The van der Waals surface area contributed by atoms with E-state index in [1.807, 2.05) is 54.1 Å². The van der Waals surface area contributed by atoms with Crippen LogP contribution in [-0.2, 0) is 26.1 Å². The van der Waals surface area contributed by atoms with Gasteiger partial charge in [-0.1, -0.05) is 67.6 Å². The third-order valence-electron chi connectivity index (χ3n) is 6.98. The molecule has 0 radical (unpaired) electrons.